The second-order valence-electron chi connectivity index (χ2n) is 8.83. The molecular formula is C20H31N2. The van der Waals surface area contributed by atoms with Crippen molar-refractivity contribution in [2.24, 2.45) is 10.8 Å². The summed E-state index contributed by atoms with van der Waals surface area (Å²) >= 11 is 0. The van der Waals surface area contributed by atoms with E-state index in [4.69, 9.17) is 0 Å². The van der Waals surface area contributed by atoms with Crippen LogP contribution in [-0.2, 0) is 0 Å². The number of hydrogen-bond acceptors (Lipinski definition) is 1. The van der Waals surface area contributed by atoms with E-state index in [-0.39, 0.29) is 0 Å². The van der Waals surface area contributed by atoms with Crippen LogP contribution in [-0.4, -0.2) is 26.2 Å². The van der Waals surface area contributed by atoms with E-state index in [2.05, 4.69) is 62.2 Å². The Kier molecular flexibility index (Phi) is 4.24. The highest BCUT2D eigenvalue weighted by molar-refractivity contribution is 5.56. The highest BCUT2D eigenvalue weighted by Gasteiger charge is 2.39. The summed E-state index contributed by atoms with van der Waals surface area (Å²) < 4.78 is 0. The van der Waals surface area contributed by atoms with E-state index in [1.54, 1.807) is 5.56 Å². The minimum Gasteiger partial charge on any atom is -0.369 e. The minimum atomic E-state index is 0.441. The quantitative estimate of drug-likeness (QED) is 0.789. The van der Waals surface area contributed by atoms with Gasteiger partial charge in [0.1, 0.15) is 0 Å². The second kappa shape index (κ2) is 5.88. The SMILES string of the molecule is CC1(C)CC(c2ccccc2N2CC[N]CC2)CC(C)(C)C1. The Balaban J connectivity index is 1.90. The number of benzene rings is 1. The molecule has 22 heavy (non-hydrogen) atoms. The highest BCUT2D eigenvalue weighted by atomic mass is 15.2. The van der Waals surface area contributed by atoms with Crippen molar-refractivity contribution in [3.8, 4) is 0 Å². The van der Waals surface area contributed by atoms with Crippen molar-refractivity contribution in [3.05, 3.63) is 29.8 Å². The molecule has 0 aromatic heterocycles. The Morgan fingerprint density at radius 3 is 2.18 bits per heavy atom. The van der Waals surface area contributed by atoms with E-state index >= 15 is 0 Å². The van der Waals surface area contributed by atoms with Crippen molar-refractivity contribution in [3.63, 3.8) is 0 Å². The molecule has 2 nitrogen and oxygen atoms in total. The van der Waals surface area contributed by atoms with E-state index in [1.807, 2.05) is 0 Å². The topological polar surface area (TPSA) is 17.3 Å². The molecule has 1 saturated carbocycles. The van der Waals surface area contributed by atoms with E-state index in [1.165, 1.54) is 24.9 Å². The van der Waals surface area contributed by atoms with Gasteiger partial charge in [-0.25, -0.2) is 5.32 Å². The molecule has 0 amide bonds. The van der Waals surface area contributed by atoms with Crippen LogP contribution in [0.4, 0.5) is 5.69 Å². The number of nitrogens with zero attached hydrogens (tertiary/aromatic N) is 2. The largest absolute Gasteiger partial charge is 0.369 e. The molecule has 0 unspecified atom stereocenters. The summed E-state index contributed by atoms with van der Waals surface area (Å²) in [7, 11) is 0. The lowest BCUT2D eigenvalue weighted by Gasteiger charge is -2.46. The van der Waals surface area contributed by atoms with Crippen molar-refractivity contribution in [2.75, 3.05) is 31.1 Å². The molecule has 2 aliphatic rings. The highest BCUT2D eigenvalue weighted by Crippen LogP contribution is 2.52. The number of para-hydroxylation sites is 1. The zero-order chi connectivity index (χ0) is 15.8. The lowest BCUT2D eigenvalue weighted by Crippen LogP contribution is -2.41. The molecule has 1 aliphatic heterocycles. The first-order valence-electron chi connectivity index (χ1n) is 8.84. The standard InChI is InChI=1S/C20H31N2/c1-19(2)13-16(14-20(3,4)15-19)17-7-5-6-8-18(17)22-11-9-21-10-12-22/h5-8,16H,9-15H2,1-4H3. The molecule has 3 rings (SSSR count). The van der Waals surface area contributed by atoms with Gasteiger partial charge in [0.15, 0.2) is 0 Å². The fraction of sp³-hybridized carbons (Fsp3) is 0.700. The number of piperazine rings is 1. The molecule has 1 saturated heterocycles. The Bertz CT molecular complexity index is 496. The average molecular weight is 299 g/mol. The van der Waals surface area contributed by atoms with Gasteiger partial charge in [-0.3, -0.25) is 0 Å². The molecule has 121 valence electrons. The monoisotopic (exact) mass is 299 g/mol. The summed E-state index contributed by atoms with van der Waals surface area (Å²) in [6, 6.07) is 9.13. The Hall–Kier alpha value is -1.02. The van der Waals surface area contributed by atoms with Crippen LogP contribution in [0.3, 0.4) is 0 Å². The molecule has 2 heteroatoms. The molecule has 2 fully saturated rings. The normalized spacial score (nSPS) is 25.2. The molecule has 1 radical (unpaired) electrons. The number of hydrogen-bond donors (Lipinski definition) is 0. The fourth-order valence-electron chi connectivity index (χ4n) is 5.03. The number of rotatable bonds is 2. The van der Waals surface area contributed by atoms with E-state index in [9.17, 15) is 0 Å². The Morgan fingerprint density at radius 2 is 1.55 bits per heavy atom. The van der Waals surface area contributed by atoms with Gasteiger partial charge in [0, 0.05) is 31.9 Å². The van der Waals surface area contributed by atoms with Gasteiger partial charge in [-0.15, -0.1) is 0 Å². The molecule has 1 heterocycles. The molecule has 0 atom stereocenters. The maximum atomic E-state index is 4.50. The van der Waals surface area contributed by atoms with Crippen molar-refractivity contribution < 1.29 is 0 Å². The third-order valence-corrected chi connectivity index (χ3v) is 5.33. The van der Waals surface area contributed by atoms with Crippen LogP contribution in [0.5, 0.6) is 0 Å². The lowest BCUT2D eigenvalue weighted by atomic mass is 9.60. The summed E-state index contributed by atoms with van der Waals surface area (Å²) in [5, 5.41) is 4.50. The van der Waals surface area contributed by atoms with Crippen LogP contribution in [0.15, 0.2) is 24.3 Å². The number of anilines is 1. The molecule has 0 bridgehead atoms. The zero-order valence-electron chi connectivity index (χ0n) is 14.7. The smallest absolute Gasteiger partial charge is 0.0402 e. The second-order valence-corrected chi connectivity index (χ2v) is 8.83. The summed E-state index contributed by atoms with van der Waals surface area (Å²) in [6.45, 7) is 13.9. The van der Waals surface area contributed by atoms with Gasteiger partial charge in [-0.1, -0.05) is 45.9 Å². The van der Waals surface area contributed by atoms with Crippen LogP contribution in [0.1, 0.15) is 58.4 Å². The molecular weight excluding hydrogens is 268 g/mol. The molecule has 1 aliphatic carbocycles. The molecule has 1 aromatic carbocycles. The third kappa shape index (κ3) is 3.48. The first kappa shape index (κ1) is 15.9. The van der Waals surface area contributed by atoms with Crippen LogP contribution >= 0.6 is 0 Å². The van der Waals surface area contributed by atoms with Gasteiger partial charge in [-0.05, 0) is 47.6 Å². The van der Waals surface area contributed by atoms with E-state index in [0.29, 0.717) is 16.7 Å². The molecule has 0 N–H and O–H groups in total. The summed E-state index contributed by atoms with van der Waals surface area (Å²) in [6.07, 6.45) is 3.96. The third-order valence-electron chi connectivity index (χ3n) is 5.33. The summed E-state index contributed by atoms with van der Waals surface area (Å²) in [5.41, 5.74) is 3.93. The zero-order valence-corrected chi connectivity index (χ0v) is 14.7. The van der Waals surface area contributed by atoms with Crippen LogP contribution < -0.4 is 10.2 Å². The predicted octanol–water partition coefficient (Wildman–Crippen LogP) is 4.43. The first-order chi connectivity index (χ1) is 10.4. The molecule has 0 spiro atoms. The van der Waals surface area contributed by atoms with Crippen molar-refractivity contribution >= 4 is 5.69 Å². The van der Waals surface area contributed by atoms with Gasteiger partial charge in [-0.2, -0.15) is 0 Å². The van der Waals surface area contributed by atoms with Gasteiger partial charge in [0.25, 0.3) is 0 Å². The maximum absolute atomic E-state index is 4.50. The predicted molar refractivity (Wildman–Crippen MR) is 94.7 cm³/mol. The van der Waals surface area contributed by atoms with E-state index < -0.39 is 0 Å². The van der Waals surface area contributed by atoms with Crippen molar-refractivity contribution in [1.29, 1.82) is 0 Å². The van der Waals surface area contributed by atoms with Crippen molar-refractivity contribution in [2.45, 2.75) is 52.9 Å². The van der Waals surface area contributed by atoms with Gasteiger partial charge < -0.3 is 4.90 Å². The average Bonchev–Trinajstić information content (AvgIpc) is 2.45. The summed E-state index contributed by atoms with van der Waals surface area (Å²) in [4.78, 5) is 2.55. The maximum Gasteiger partial charge on any atom is 0.0402 e. The summed E-state index contributed by atoms with van der Waals surface area (Å²) in [5.74, 6) is 0.689. The van der Waals surface area contributed by atoms with Crippen LogP contribution in [0, 0.1) is 10.8 Å². The van der Waals surface area contributed by atoms with E-state index in [0.717, 1.165) is 26.2 Å². The minimum absolute atomic E-state index is 0.441. The van der Waals surface area contributed by atoms with Gasteiger partial charge >= 0.3 is 0 Å². The van der Waals surface area contributed by atoms with Gasteiger partial charge in [0.05, 0.1) is 0 Å². The Labute approximate surface area is 136 Å². The Morgan fingerprint density at radius 1 is 0.955 bits per heavy atom. The van der Waals surface area contributed by atoms with Crippen LogP contribution in [0.25, 0.3) is 0 Å². The van der Waals surface area contributed by atoms with Gasteiger partial charge in [0.2, 0.25) is 0 Å². The van der Waals surface area contributed by atoms with Crippen LogP contribution in [0.2, 0.25) is 0 Å². The van der Waals surface area contributed by atoms with Crippen molar-refractivity contribution in [1.82, 2.24) is 5.32 Å². The fourth-order valence-corrected chi connectivity index (χ4v) is 5.03. The lowest BCUT2D eigenvalue weighted by molar-refractivity contribution is 0.0970. The first-order valence-corrected chi connectivity index (χ1v) is 8.84. The molecule has 1 aromatic rings.